The lowest BCUT2D eigenvalue weighted by Gasteiger charge is -2.17. The van der Waals surface area contributed by atoms with Crippen molar-refractivity contribution < 1.29 is 14.1 Å². The van der Waals surface area contributed by atoms with E-state index in [9.17, 15) is 4.79 Å². The lowest BCUT2D eigenvalue weighted by molar-refractivity contribution is -0.130. The van der Waals surface area contributed by atoms with E-state index in [1.54, 1.807) is 24.1 Å². The summed E-state index contributed by atoms with van der Waals surface area (Å²) in [6.45, 7) is 2.85. The highest BCUT2D eigenvalue weighted by Gasteiger charge is 2.13. The van der Waals surface area contributed by atoms with E-state index in [1.807, 2.05) is 43.3 Å². The molecule has 0 aliphatic carbocycles. The number of para-hydroxylation sites is 1. The normalized spacial score (nSPS) is 10.7. The second kappa shape index (κ2) is 9.37. The third kappa shape index (κ3) is 5.33. The van der Waals surface area contributed by atoms with E-state index >= 15 is 0 Å². The fourth-order valence-electron chi connectivity index (χ4n) is 2.56. The standard InChI is InChI=1S/C21H22ClN3O3/c1-15-7-9-16(10-8-15)21-23-19(28-24-21)11-12-20(26)25(2)13-14-27-18-6-4-3-5-17(18)22/h3-10H,11-14H2,1-2H3. The number of aryl methyl sites for hydroxylation is 2. The second-order valence-corrected chi connectivity index (χ2v) is 6.88. The molecule has 1 aromatic heterocycles. The number of benzene rings is 2. The van der Waals surface area contributed by atoms with Crippen LogP contribution in [-0.2, 0) is 11.2 Å². The Morgan fingerprint density at radius 3 is 2.68 bits per heavy atom. The number of hydrogen-bond donors (Lipinski definition) is 0. The fraction of sp³-hybridized carbons (Fsp3) is 0.286. The monoisotopic (exact) mass is 399 g/mol. The molecule has 28 heavy (non-hydrogen) atoms. The van der Waals surface area contributed by atoms with Crippen molar-refractivity contribution in [2.75, 3.05) is 20.2 Å². The number of carbonyl (C=O) groups is 1. The van der Waals surface area contributed by atoms with Crippen molar-refractivity contribution in [2.45, 2.75) is 19.8 Å². The van der Waals surface area contributed by atoms with Crippen LogP contribution < -0.4 is 4.74 Å². The summed E-state index contributed by atoms with van der Waals surface area (Å²) >= 11 is 6.04. The highest BCUT2D eigenvalue weighted by Crippen LogP contribution is 2.23. The fourth-order valence-corrected chi connectivity index (χ4v) is 2.75. The predicted octanol–water partition coefficient (Wildman–Crippen LogP) is 4.17. The van der Waals surface area contributed by atoms with Gasteiger partial charge >= 0.3 is 0 Å². The SMILES string of the molecule is Cc1ccc(-c2noc(CCC(=O)N(C)CCOc3ccccc3Cl)n2)cc1. The number of rotatable bonds is 8. The van der Waals surface area contributed by atoms with Gasteiger partial charge in [0.05, 0.1) is 11.6 Å². The molecule has 0 aliphatic heterocycles. The van der Waals surface area contributed by atoms with Crippen molar-refractivity contribution in [3.05, 3.63) is 65.0 Å². The first-order chi connectivity index (χ1) is 13.5. The molecule has 3 aromatic rings. The maximum Gasteiger partial charge on any atom is 0.227 e. The van der Waals surface area contributed by atoms with E-state index in [0.29, 0.717) is 42.1 Å². The Hall–Kier alpha value is -2.86. The third-order valence-electron chi connectivity index (χ3n) is 4.28. The zero-order valence-corrected chi connectivity index (χ0v) is 16.6. The first-order valence-corrected chi connectivity index (χ1v) is 9.41. The Balaban J connectivity index is 1.44. The largest absolute Gasteiger partial charge is 0.490 e. The summed E-state index contributed by atoms with van der Waals surface area (Å²) in [5.74, 6) is 1.57. The molecule has 0 saturated carbocycles. The number of ether oxygens (including phenoxy) is 1. The van der Waals surface area contributed by atoms with Crippen LogP contribution in [0.3, 0.4) is 0 Å². The maximum atomic E-state index is 12.3. The molecule has 0 aliphatic rings. The quantitative estimate of drug-likeness (QED) is 0.568. The molecule has 0 spiro atoms. The molecule has 0 N–H and O–H groups in total. The Morgan fingerprint density at radius 2 is 1.93 bits per heavy atom. The number of carbonyl (C=O) groups excluding carboxylic acids is 1. The first-order valence-electron chi connectivity index (χ1n) is 9.04. The number of hydrogen-bond acceptors (Lipinski definition) is 5. The van der Waals surface area contributed by atoms with Gasteiger partial charge in [-0.25, -0.2) is 0 Å². The van der Waals surface area contributed by atoms with E-state index in [2.05, 4.69) is 10.1 Å². The number of nitrogens with zero attached hydrogens (tertiary/aromatic N) is 3. The minimum atomic E-state index is -0.0159. The third-order valence-corrected chi connectivity index (χ3v) is 4.59. The lowest BCUT2D eigenvalue weighted by Crippen LogP contribution is -2.31. The Bertz CT molecular complexity index is 925. The van der Waals surface area contributed by atoms with Crippen LogP contribution in [0.25, 0.3) is 11.4 Å². The van der Waals surface area contributed by atoms with Crippen LogP contribution in [-0.4, -0.2) is 41.1 Å². The van der Waals surface area contributed by atoms with Crippen molar-refractivity contribution in [3.8, 4) is 17.1 Å². The molecule has 0 bridgehead atoms. The molecule has 0 atom stereocenters. The first kappa shape index (κ1) is 19.9. The van der Waals surface area contributed by atoms with Gasteiger partial charge in [-0.05, 0) is 19.1 Å². The Morgan fingerprint density at radius 1 is 1.18 bits per heavy atom. The number of aromatic nitrogens is 2. The summed E-state index contributed by atoms with van der Waals surface area (Å²) in [5.41, 5.74) is 2.06. The zero-order valence-electron chi connectivity index (χ0n) is 15.9. The topological polar surface area (TPSA) is 68.5 Å². The molecular weight excluding hydrogens is 378 g/mol. The smallest absolute Gasteiger partial charge is 0.227 e. The summed E-state index contributed by atoms with van der Waals surface area (Å²) in [6.07, 6.45) is 0.686. The van der Waals surface area contributed by atoms with Crippen molar-refractivity contribution >= 4 is 17.5 Å². The number of amides is 1. The van der Waals surface area contributed by atoms with Crippen LogP contribution in [0.5, 0.6) is 5.75 Å². The van der Waals surface area contributed by atoms with Crippen LogP contribution in [0.1, 0.15) is 17.9 Å². The van der Waals surface area contributed by atoms with Crippen LogP contribution in [0.15, 0.2) is 53.1 Å². The molecule has 0 saturated heterocycles. The van der Waals surface area contributed by atoms with Gasteiger partial charge in [-0.1, -0.05) is 58.7 Å². The van der Waals surface area contributed by atoms with Crippen LogP contribution in [0.2, 0.25) is 5.02 Å². The Labute approximate surface area is 169 Å². The van der Waals surface area contributed by atoms with Gasteiger partial charge in [0.25, 0.3) is 0 Å². The van der Waals surface area contributed by atoms with Gasteiger partial charge < -0.3 is 14.2 Å². The minimum absolute atomic E-state index is 0.0159. The van der Waals surface area contributed by atoms with Crippen molar-refractivity contribution in [2.24, 2.45) is 0 Å². The highest BCUT2D eigenvalue weighted by atomic mass is 35.5. The molecule has 0 fully saturated rings. The second-order valence-electron chi connectivity index (χ2n) is 6.47. The van der Waals surface area contributed by atoms with E-state index < -0.39 is 0 Å². The minimum Gasteiger partial charge on any atom is -0.490 e. The van der Waals surface area contributed by atoms with Gasteiger partial charge in [-0.3, -0.25) is 4.79 Å². The molecule has 2 aromatic carbocycles. The molecule has 3 rings (SSSR count). The van der Waals surface area contributed by atoms with Crippen LogP contribution in [0.4, 0.5) is 0 Å². The summed E-state index contributed by atoms with van der Waals surface area (Å²) < 4.78 is 10.9. The highest BCUT2D eigenvalue weighted by molar-refractivity contribution is 6.32. The van der Waals surface area contributed by atoms with Crippen molar-refractivity contribution in [1.29, 1.82) is 0 Å². The number of halogens is 1. The lowest BCUT2D eigenvalue weighted by atomic mass is 10.1. The molecule has 0 unspecified atom stereocenters. The van der Waals surface area contributed by atoms with Gasteiger partial charge in [-0.2, -0.15) is 4.98 Å². The van der Waals surface area contributed by atoms with E-state index in [0.717, 1.165) is 5.56 Å². The molecule has 0 radical (unpaired) electrons. The average Bonchev–Trinajstić information content (AvgIpc) is 3.17. The zero-order chi connectivity index (χ0) is 19.9. The van der Waals surface area contributed by atoms with E-state index in [4.69, 9.17) is 20.9 Å². The summed E-state index contributed by atoms with van der Waals surface area (Å²) in [7, 11) is 1.74. The molecule has 7 heteroatoms. The molecular formula is C21H22ClN3O3. The van der Waals surface area contributed by atoms with E-state index in [-0.39, 0.29) is 12.3 Å². The van der Waals surface area contributed by atoms with Crippen molar-refractivity contribution in [1.82, 2.24) is 15.0 Å². The summed E-state index contributed by atoms with van der Waals surface area (Å²) in [5, 5.41) is 4.54. The average molecular weight is 400 g/mol. The molecule has 1 heterocycles. The summed E-state index contributed by atoms with van der Waals surface area (Å²) in [6, 6.07) is 15.1. The van der Waals surface area contributed by atoms with Gasteiger partial charge in [0.2, 0.25) is 17.6 Å². The van der Waals surface area contributed by atoms with Gasteiger partial charge in [0.15, 0.2) is 0 Å². The Kier molecular flexibility index (Phi) is 6.66. The van der Waals surface area contributed by atoms with Gasteiger partial charge in [0, 0.05) is 25.5 Å². The molecule has 1 amide bonds. The van der Waals surface area contributed by atoms with Crippen LogP contribution in [0, 0.1) is 6.92 Å². The van der Waals surface area contributed by atoms with Crippen molar-refractivity contribution in [3.63, 3.8) is 0 Å². The molecule has 6 nitrogen and oxygen atoms in total. The van der Waals surface area contributed by atoms with E-state index in [1.165, 1.54) is 5.56 Å². The number of likely N-dealkylation sites (N-methyl/N-ethyl adjacent to an activating group) is 1. The predicted molar refractivity (Wildman–Crippen MR) is 107 cm³/mol. The van der Waals surface area contributed by atoms with Crippen LogP contribution >= 0.6 is 11.6 Å². The molecule has 146 valence electrons. The van der Waals surface area contributed by atoms with Gasteiger partial charge in [0.1, 0.15) is 12.4 Å². The maximum absolute atomic E-state index is 12.3. The summed E-state index contributed by atoms with van der Waals surface area (Å²) in [4.78, 5) is 18.3. The van der Waals surface area contributed by atoms with Gasteiger partial charge in [-0.15, -0.1) is 0 Å².